The van der Waals surface area contributed by atoms with Gasteiger partial charge in [-0.15, -0.1) is 0 Å². The van der Waals surface area contributed by atoms with Gasteiger partial charge in [0.15, 0.2) is 0 Å². The molecule has 1 atom stereocenters. The highest BCUT2D eigenvalue weighted by atomic mass is 16.5. The summed E-state index contributed by atoms with van der Waals surface area (Å²) in [7, 11) is 0. The molecule has 110 valence electrons. The van der Waals surface area contributed by atoms with Crippen LogP contribution in [0.2, 0.25) is 0 Å². The monoisotopic (exact) mass is 274 g/mol. The first-order valence-corrected chi connectivity index (χ1v) is 8.06. The van der Waals surface area contributed by atoms with E-state index in [0.29, 0.717) is 0 Å². The lowest BCUT2D eigenvalue weighted by Crippen LogP contribution is -2.38. The van der Waals surface area contributed by atoms with Crippen molar-refractivity contribution in [2.45, 2.75) is 45.1 Å². The second kappa shape index (κ2) is 6.49. The smallest absolute Gasteiger partial charge is 0.142 e. The van der Waals surface area contributed by atoms with Gasteiger partial charge in [-0.25, -0.2) is 0 Å². The molecule has 2 aliphatic rings. The Labute approximate surface area is 122 Å². The normalized spacial score (nSPS) is 22.8. The van der Waals surface area contributed by atoms with E-state index in [2.05, 4.69) is 35.3 Å². The minimum absolute atomic E-state index is 0.777. The summed E-state index contributed by atoms with van der Waals surface area (Å²) in [6.07, 6.45) is 6.58. The van der Waals surface area contributed by atoms with Crippen LogP contribution in [0.3, 0.4) is 0 Å². The Balaban J connectivity index is 1.50. The van der Waals surface area contributed by atoms with Crippen molar-refractivity contribution in [3.8, 4) is 5.75 Å². The molecule has 1 unspecified atom stereocenters. The second-order valence-electron chi connectivity index (χ2n) is 6.09. The zero-order chi connectivity index (χ0) is 13.8. The Morgan fingerprint density at radius 2 is 2.30 bits per heavy atom. The van der Waals surface area contributed by atoms with E-state index in [0.717, 1.165) is 31.4 Å². The van der Waals surface area contributed by atoms with Gasteiger partial charge in [0.2, 0.25) is 0 Å². The van der Waals surface area contributed by atoms with Crippen molar-refractivity contribution in [1.82, 2.24) is 4.90 Å². The van der Waals surface area contributed by atoms with Gasteiger partial charge in [0.1, 0.15) is 12.4 Å². The van der Waals surface area contributed by atoms with E-state index in [1.54, 1.807) is 0 Å². The lowest BCUT2D eigenvalue weighted by atomic mass is 10.0. The molecule has 1 aromatic rings. The number of hydrogen-bond acceptors (Lipinski definition) is 3. The fourth-order valence-corrected chi connectivity index (χ4v) is 3.32. The molecular formula is C17H26N2O. The average molecular weight is 274 g/mol. The Morgan fingerprint density at radius 3 is 3.20 bits per heavy atom. The van der Waals surface area contributed by atoms with Crippen LogP contribution in [0.4, 0.5) is 5.69 Å². The molecule has 0 aromatic heterocycles. The van der Waals surface area contributed by atoms with Crippen molar-refractivity contribution < 1.29 is 4.74 Å². The number of fused-ring (bicyclic) bond motifs is 1. The molecular weight excluding hydrogens is 248 g/mol. The number of benzene rings is 1. The molecule has 1 aromatic carbocycles. The fourth-order valence-electron chi connectivity index (χ4n) is 3.32. The summed E-state index contributed by atoms with van der Waals surface area (Å²) in [5.41, 5.74) is 2.59. The van der Waals surface area contributed by atoms with Crippen molar-refractivity contribution in [2.75, 3.05) is 31.6 Å². The first-order chi connectivity index (χ1) is 9.83. The number of anilines is 1. The van der Waals surface area contributed by atoms with Gasteiger partial charge in [-0.3, -0.25) is 0 Å². The van der Waals surface area contributed by atoms with Gasteiger partial charge in [0.05, 0.1) is 5.69 Å². The highest BCUT2D eigenvalue weighted by molar-refractivity contribution is 5.59. The third kappa shape index (κ3) is 3.26. The summed E-state index contributed by atoms with van der Waals surface area (Å²) in [6.45, 7) is 6.60. The first-order valence-electron chi connectivity index (χ1n) is 8.06. The highest BCUT2D eigenvalue weighted by Gasteiger charge is 2.17. The number of rotatable bonds is 4. The van der Waals surface area contributed by atoms with E-state index in [-0.39, 0.29) is 0 Å². The number of hydrogen-bond donors (Lipinski definition) is 1. The molecule has 0 saturated carbocycles. The van der Waals surface area contributed by atoms with Crippen molar-refractivity contribution in [3.05, 3.63) is 23.8 Å². The molecule has 3 heteroatoms. The standard InChI is InChI=1S/C17H26N2O/c1-14-5-2-3-10-19(14)11-4-6-15-7-8-17-16(13-15)18-9-12-20-17/h7-8,13-14,18H,2-6,9-12H2,1H3. The molecule has 2 heterocycles. The summed E-state index contributed by atoms with van der Waals surface area (Å²) < 4.78 is 5.62. The molecule has 20 heavy (non-hydrogen) atoms. The van der Waals surface area contributed by atoms with Crippen LogP contribution in [-0.2, 0) is 6.42 Å². The van der Waals surface area contributed by atoms with E-state index >= 15 is 0 Å². The van der Waals surface area contributed by atoms with Gasteiger partial charge in [-0.1, -0.05) is 12.5 Å². The molecule has 0 radical (unpaired) electrons. The van der Waals surface area contributed by atoms with Crippen LogP contribution in [0.5, 0.6) is 5.75 Å². The third-order valence-corrected chi connectivity index (χ3v) is 4.57. The molecule has 0 amide bonds. The van der Waals surface area contributed by atoms with Crippen molar-refractivity contribution >= 4 is 5.69 Å². The van der Waals surface area contributed by atoms with Crippen molar-refractivity contribution in [3.63, 3.8) is 0 Å². The van der Waals surface area contributed by atoms with Crippen LogP contribution in [0.1, 0.15) is 38.2 Å². The molecule has 1 fully saturated rings. The lowest BCUT2D eigenvalue weighted by molar-refractivity contribution is 0.159. The van der Waals surface area contributed by atoms with Crippen LogP contribution in [0, 0.1) is 0 Å². The van der Waals surface area contributed by atoms with Gasteiger partial charge in [0.25, 0.3) is 0 Å². The molecule has 0 aliphatic carbocycles. The summed E-state index contributed by atoms with van der Waals surface area (Å²) in [6, 6.07) is 7.36. The Bertz CT molecular complexity index is 447. The van der Waals surface area contributed by atoms with Gasteiger partial charge in [-0.2, -0.15) is 0 Å². The summed E-state index contributed by atoms with van der Waals surface area (Å²) in [5.74, 6) is 1.00. The highest BCUT2D eigenvalue weighted by Crippen LogP contribution is 2.28. The second-order valence-corrected chi connectivity index (χ2v) is 6.09. The van der Waals surface area contributed by atoms with Crippen LogP contribution >= 0.6 is 0 Å². The zero-order valence-corrected chi connectivity index (χ0v) is 12.5. The van der Waals surface area contributed by atoms with E-state index in [1.807, 2.05) is 0 Å². The predicted octanol–water partition coefficient (Wildman–Crippen LogP) is 3.30. The van der Waals surface area contributed by atoms with Crippen molar-refractivity contribution in [2.24, 2.45) is 0 Å². The Kier molecular flexibility index (Phi) is 4.46. The Hall–Kier alpha value is -1.22. The lowest BCUT2D eigenvalue weighted by Gasteiger charge is -2.33. The van der Waals surface area contributed by atoms with Crippen LogP contribution in [-0.4, -0.2) is 37.2 Å². The molecule has 1 N–H and O–H groups in total. The number of likely N-dealkylation sites (tertiary alicyclic amines) is 1. The topological polar surface area (TPSA) is 24.5 Å². The maximum atomic E-state index is 5.62. The molecule has 3 rings (SSSR count). The average Bonchev–Trinajstić information content (AvgIpc) is 2.49. The van der Waals surface area contributed by atoms with E-state index < -0.39 is 0 Å². The quantitative estimate of drug-likeness (QED) is 0.911. The van der Waals surface area contributed by atoms with Gasteiger partial charge < -0.3 is 15.0 Å². The number of nitrogens with one attached hydrogen (secondary N) is 1. The maximum Gasteiger partial charge on any atom is 0.142 e. The van der Waals surface area contributed by atoms with Crippen LogP contribution in [0.15, 0.2) is 18.2 Å². The number of aryl methyl sites for hydroxylation is 1. The summed E-state index contributed by atoms with van der Waals surface area (Å²) in [5, 5.41) is 3.41. The third-order valence-electron chi connectivity index (χ3n) is 4.57. The Morgan fingerprint density at radius 1 is 1.35 bits per heavy atom. The van der Waals surface area contributed by atoms with Gasteiger partial charge in [-0.05, 0) is 63.4 Å². The van der Waals surface area contributed by atoms with Crippen molar-refractivity contribution in [1.29, 1.82) is 0 Å². The SMILES string of the molecule is CC1CCCCN1CCCc1ccc2c(c1)NCCO2. The number of piperidine rings is 1. The van der Waals surface area contributed by atoms with Gasteiger partial charge >= 0.3 is 0 Å². The predicted molar refractivity (Wildman–Crippen MR) is 83.6 cm³/mol. The van der Waals surface area contributed by atoms with E-state index in [1.165, 1.54) is 50.0 Å². The minimum atomic E-state index is 0.777. The molecule has 0 spiro atoms. The van der Waals surface area contributed by atoms with E-state index in [9.17, 15) is 0 Å². The van der Waals surface area contributed by atoms with Crippen LogP contribution < -0.4 is 10.1 Å². The number of nitrogens with zero attached hydrogens (tertiary/aromatic N) is 1. The number of ether oxygens (including phenoxy) is 1. The van der Waals surface area contributed by atoms with Gasteiger partial charge in [0, 0.05) is 12.6 Å². The molecule has 3 nitrogen and oxygen atoms in total. The fraction of sp³-hybridized carbons (Fsp3) is 0.647. The zero-order valence-electron chi connectivity index (χ0n) is 12.5. The largest absolute Gasteiger partial charge is 0.490 e. The molecule has 2 aliphatic heterocycles. The maximum absolute atomic E-state index is 5.62. The minimum Gasteiger partial charge on any atom is -0.490 e. The van der Waals surface area contributed by atoms with Crippen LogP contribution in [0.25, 0.3) is 0 Å². The molecule has 0 bridgehead atoms. The first kappa shape index (κ1) is 13.7. The van der Waals surface area contributed by atoms with E-state index in [4.69, 9.17) is 4.74 Å². The molecule has 1 saturated heterocycles. The summed E-state index contributed by atoms with van der Waals surface area (Å²) in [4.78, 5) is 2.66. The summed E-state index contributed by atoms with van der Waals surface area (Å²) >= 11 is 0.